The Hall–Kier alpha value is -2.77. The van der Waals surface area contributed by atoms with E-state index in [1.165, 1.54) is 10.2 Å². The largest absolute Gasteiger partial charge is 0.488 e. The molecule has 0 aliphatic rings. The number of hydrogen-bond donors (Lipinski definition) is 0. The predicted molar refractivity (Wildman–Crippen MR) is 140 cm³/mol. The quantitative estimate of drug-likeness (QED) is 0.235. The van der Waals surface area contributed by atoms with Crippen LogP contribution in [0.2, 0.25) is 0 Å². The smallest absolute Gasteiger partial charge is 0.282 e. The number of benzene rings is 3. The molecule has 168 valence electrons. The van der Waals surface area contributed by atoms with Crippen LogP contribution in [0.3, 0.4) is 0 Å². The number of ether oxygens (including phenoxy) is 1. The molecule has 0 spiro atoms. The molecule has 7 heteroatoms. The van der Waals surface area contributed by atoms with Crippen LogP contribution in [-0.4, -0.2) is 15.9 Å². The first-order valence-electron chi connectivity index (χ1n) is 10.7. The minimum Gasteiger partial charge on any atom is -0.488 e. The van der Waals surface area contributed by atoms with E-state index in [1.807, 2.05) is 42.5 Å². The highest BCUT2D eigenvalue weighted by Crippen LogP contribution is 2.26. The molecule has 0 aliphatic heterocycles. The lowest BCUT2D eigenvalue weighted by atomic mass is 10.1. The van der Waals surface area contributed by atoms with Crippen molar-refractivity contribution in [1.29, 1.82) is 0 Å². The maximum absolute atomic E-state index is 13.1. The van der Waals surface area contributed by atoms with Crippen LogP contribution in [0.5, 0.6) is 5.75 Å². The Balaban J connectivity index is 1.59. The average molecular weight is 569 g/mol. The van der Waals surface area contributed by atoms with Crippen LogP contribution in [0.15, 0.2) is 79.5 Å². The van der Waals surface area contributed by atoms with Crippen molar-refractivity contribution >= 4 is 49.0 Å². The summed E-state index contributed by atoms with van der Waals surface area (Å²) in [5.74, 6) is 1.39. The van der Waals surface area contributed by atoms with E-state index >= 15 is 0 Å². The van der Waals surface area contributed by atoms with Crippen LogP contribution in [0.1, 0.15) is 35.9 Å². The molecule has 4 rings (SSSR count). The topological polar surface area (TPSA) is 56.5 Å². The monoisotopic (exact) mass is 567 g/mol. The molecule has 0 atom stereocenters. The van der Waals surface area contributed by atoms with Crippen LogP contribution >= 0.6 is 31.9 Å². The molecule has 0 N–H and O–H groups in total. The summed E-state index contributed by atoms with van der Waals surface area (Å²) in [5.41, 5.74) is 3.66. The van der Waals surface area contributed by atoms with Crippen LogP contribution < -0.4 is 10.3 Å². The molecule has 1 heterocycles. The highest BCUT2D eigenvalue weighted by molar-refractivity contribution is 9.10. The fourth-order valence-electron chi connectivity index (χ4n) is 3.50. The highest BCUT2D eigenvalue weighted by atomic mass is 79.9. The second kappa shape index (κ2) is 10.4. The van der Waals surface area contributed by atoms with Gasteiger partial charge in [0.05, 0.1) is 21.6 Å². The van der Waals surface area contributed by atoms with Gasteiger partial charge in [-0.25, -0.2) is 4.98 Å². The summed E-state index contributed by atoms with van der Waals surface area (Å²) in [5, 5.41) is 5.02. The molecule has 1 aromatic heterocycles. The number of aromatic nitrogens is 2. The van der Waals surface area contributed by atoms with Crippen molar-refractivity contribution in [3.8, 4) is 5.75 Å². The van der Waals surface area contributed by atoms with Gasteiger partial charge in [-0.2, -0.15) is 9.78 Å². The van der Waals surface area contributed by atoms with E-state index < -0.39 is 0 Å². The Kier molecular flexibility index (Phi) is 7.40. The van der Waals surface area contributed by atoms with Crippen LogP contribution in [0.25, 0.3) is 10.9 Å². The van der Waals surface area contributed by atoms with Crippen molar-refractivity contribution in [2.45, 2.75) is 33.3 Å². The fourth-order valence-corrected chi connectivity index (χ4v) is 4.37. The van der Waals surface area contributed by atoms with Crippen LogP contribution in [0.4, 0.5) is 0 Å². The molecular formula is C26H23Br2N3O2. The van der Waals surface area contributed by atoms with Crippen molar-refractivity contribution in [2.75, 3.05) is 0 Å². The van der Waals surface area contributed by atoms with E-state index in [0.29, 0.717) is 29.8 Å². The summed E-state index contributed by atoms with van der Waals surface area (Å²) >= 11 is 7.01. The molecule has 5 nitrogen and oxygen atoms in total. The third kappa shape index (κ3) is 5.60. The molecule has 0 bridgehead atoms. The number of fused-ring (bicyclic) bond motifs is 1. The Morgan fingerprint density at radius 2 is 1.94 bits per heavy atom. The zero-order valence-electron chi connectivity index (χ0n) is 18.4. The van der Waals surface area contributed by atoms with E-state index in [4.69, 9.17) is 4.74 Å². The van der Waals surface area contributed by atoms with Crippen molar-refractivity contribution in [2.24, 2.45) is 5.10 Å². The van der Waals surface area contributed by atoms with E-state index in [-0.39, 0.29) is 5.56 Å². The van der Waals surface area contributed by atoms with Gasteiger partial charge in [0.25, 0.3) is 5.56 Å². The van der Waals surface area contributed by atoms with Crippen molar-refractivity contribution in [3.05, 3.63) is 102 Å². The van der Waals surface area contributed by atoms with Crippen molar-refractivity contribution in [3.63, 3.8) is 0 Å². The maximum Gasteiger partial charge on any atom is 0.282 e. The Morgan fingerprint density at radius 3 is 2.70 bits per heavy atom. The van der Waals surface area contributed by atoms with Gasteiger partial charge in [-0.15, -0.1) is 0 Å². The van der Waals surface area contributed by atoms with Crippen LogP contribution in [0, 0.1) is 6.92 Å². The van der Waals surface area contributed by atoms with Gasteiger partial charge >= 0.3 is 0 Å². The number of hydrogen-bond acceptors (Lipinski definition) is 4. The summed E-state index contributed by atoms with van der Waals surface area (Å²) in [7, 11) is 0. The standard InChI is InChI=1S/C26H23Br2N3O2/c1-3-5-25-30-23-10-9-20(27)14-21(23)26(32)31(25)29-15-18-8-11-24(22(28)13-18)33-16-19-7-4-6-17(2)12-19/h4,6-15H,3,5,16H2,1-2H3. The molecule has 4 aromatic rings. The zero-order valence-corrected chi connectivity index (χ0v) is 21.6. The SMILES string of the molecule is CCCc1nc2ccc(Br)cc2c(=O)n1N=Cc1ccc(OCc2cccc(C)c2)c(Br)c1. The van der Waals surface area contributed by atoms with Gasteiger partial charge in [0.1, 0.15) is 18.2 Å². The molecular weight excluding hydrogens is 546 g/mol. The number of nitrogens with zero attached hydrogens (tertiary/aromatic N) is 3. The van der Waals surface area contributed by atoms with Gasteiger partial charge in [0.15, 0.2) is 0 Å². The first-order chi connectivity index (χ1) is 15.9. The first kappa shape index (κ1) is 23.4. The molecule has 0 unspecified atom stereocenters. The van der Waals surface area contributed by atoms with Gasteiger partial charge in [-0.3, -0.25) is 4.79 Å². The van der Waals surface area contributed by atoms with Crippen molar-refractivity contribution in [1.82, 2.24) is 9.66 Å². The molecule has 3 aromatic carbocycles. The first-order valence-corrected chi connectivity index (χ1v) is 12.3. The lowest BCUT2D eigenvalue weighted by Crippen LogP contribution is -2.22. The minimum absolute atomic E-state index is 0.182. The summed E-state index contributed by atoms with van der Waals surface area (Å²) in [6.45, 7) is 4.61. The summed E-state index contributed by atoms with van der Waals surface area (Å²) in [4.78, 5) is 17.8. The van der Waals surface area contributed by atoms with Gasteiger partial charge in [-0.1, -0.05) is 52.7 Å². The van der Waals surface area contributed by atoms with Gasteiger partial charge < -0.3 is 4.74 Å². The molecule has 0 saturated carbocycles. The minimum atomic E-state index is -0.182. The second-order valence-electron chi connectivity index (χ2n) is 7.77. The molecule has 0 radical (unpaired) electrons. The number of aryl methyl sites for hydroxylation is 2. The van der Waals surface area contributed by atoms with Gasteiger partial charge in [-0.05, 0) is 76.8 Å². The maximum atomic E-state index is 13.1. The average Bonchev–Trinajstić information content (AvgIpc) is 2.79. The predicted octanol–water partition coefficient (Wildman–Crippen LogP) is 6.64. The summed E-state index contributed by atoms with van der Waals surface area (Å²) < 4.78 is 9.01. The van der Waals surface area contributed by atoms with E-state index in [2.05, 4.69) is 67.9 Å². The third-order valence-electron chi connectivity index (χ3n) is 5.10. The lowest BCUT2D eigenvalue weighted by molar-refractivity contribution is 0.304. The lowest BCUT2D eigenvalue weighted by Gasteiger charge is -2.10. The van der Waals surface area contributed by atoms with E-state index in [1.54, 1.807) is 12.3 Å². The number of halogens is 2. The van der Waals surface area contributed by atoms with Gasteiger partial charge in [0, 0.05) is 10.9 Å². The normalized spacial score (nSPS) is 11.4. The molecule has 0 aliphatic carbocycles. The second-order valence-corrected chi connectivity index (χ2v) is 9.54. The number of rotatable bonds is 7. The van der Waals surface area contributed by atoms with E-state index in [0.717, 1.165) is 32.2 Å². The molecule has 0 amide bonds. The highest BCUT2D eigenvalue weighted by Gasteiger charge is 2.11. The molecule has 33 heavy (non-hydrogen) atoms. The van der Waals surface area contributed by atoms with Gasteiger partial charge in [0.2, 0.25) is 0 Å². The third-order valence-corrected chi connectivity index (χ3v) is 6.22. The summed E-state index contributed by atoms with van der Waals surface area (Å²) in [6.07, 6.45) is 3.19. The Morgan fingerprint density at radius 1 is 1.09 bits per heavy atom. The Bertz CT molecular complexity index is 1400. The fraction of sp³-hybridized carbons (Fsp3) is 0.192. The zero-order chi connectivity index (χ0) is 23.4. The molecule has 0 fully saturated rings. The van der Waals surface area contributed by atoms with Crippen LogP contribution in [-0.2, 0) is 13.0 Å². The summed E-state index contributed by atoms with van der Waals surface area (Å²) in [6, 6.07) is 19.5. The van der Waals surface area contributed by atoms with E-state index in [9.17, 15) is 4.79 Å². The van der Waals surface area contributed by atoms with Crippen molar-refractivity contribution < 1.29 is 4.74 Å². The Labute approximate surface area is 209 Å². The molecule has 0 saturated heterocycles.